The van der Waals surface area contributed by atoms with Gasteiger partial charge in [0.2, 0.25) is 0 Å². The number of anilines is 3. The first-order valence-electron chi connectivity index (χ1n) is 19.8. The van der Waals surface area contributed by atoms with E-state index in [1.54, 1.807) is 0 Å². The minimum Gasteiger partial charge on any atom is -0.456 e. The highest BCUT2D eigenvalue weighted by atomic mass is 16.3. The monoisotopic (exact) mass is 729 g/mol. The van der Waals surface area contributed by atoms with Crippen LogP contribution in [-0.4, -0.2) is 0 Å². The van der Waals surface area contributed by atoms with Gasteiger partial charge in [0.15, 0.2) is 0 Å². The average Bonchev–Trinajstić information content (AvgIpc) is 3.77. The molecule has 2 nitrogen and oxygen atoms in total. The lowest BCUT2D eigenvalue weighted by molar-refractivity contribution is 0.660. The maximum Gasteiger partial charge on any atom is 0.137 e. The van der Waals surface area contributed by atoms with E-state index in [1.807, 2.05) is 0 Å². The molecule has 1 aliphatic carbocycles. The van der Waals surface area contributed by atoms with Crippen molar-refractivity contribution in [2.24, 2.45) is 0 Å². The molecule has 57 heavy (non-hydrogen) atoms. The molecular weight excluding hydrogens is 691 g/mol. The zero-order valence-corrected chi connectivity index (χ0v) is 31.9. The molecule has 0 saturated carbocycles. The van der Waals surface area contributed by atoms with Crippen molar-refractivity contribution < 1.29 is 4.42 Å². The Morgan fingerprint density at radius 3 is 1.65 bits per heavy atom. The SMILES string of the molecule is CC1(C)c2ccccc2-c2ccc(N(c3ccc(-c4ccccc4)cc3)c3cccc4oc5cc(-c6ccc(-c7ccccc7)cc6)c6ccccc6c5c34)cc21. The zero-order valence-electron chi connectivity index (χ0n) is 31.9. The fourth-order valence-electron chi connectivity index (χ4n) is 9.25. The van der Waals surface area contributed by atoms with Gasteiger partial charge in [0, 0.05) is 22.2 Å². The van der Waals surface area contributed by atoms with E-state index in [9.17, 15) is 0 Å². The van der Waals surface area contributed by atoms with Gasteiger partial charge in [-0.3, -0.25) is 0 Å². The van der Waals surface area contributed by atoms with Crippen LogP contribution in [0.3, 0.4) is 0 Å². The van der Waals surface area contributed by atoms with E-state index in [0.29, 0.717) is 0 Å². The predicted molar refractivity (Wildman–Crippen MR) is 240 cm³/mol. The summed E-state index contributed by atoms with van der Waals surface area (Å²) in [5, 5.41) is 4.60. The van der Waals surface area contributed by atoms with Crippen molar-refractivity contribution in [1.82, 2.24) is 0 Å². The third kappa shape index (κ3) is 5.33. The van der Waals surface area contributed by atoms with Crippen molar-refractivity contribution in [2.75, 3.05) is 4.90 Å². The van der Waals surface area contributed by atoms with Crippen molar-refractivity contribution in [1.29, 1.82) is 0 Å². The number of furan rings is 1. The largest absolute Gasteiger partial charge is 0.456 e. The first kappa shape index (κ1) is 33.2. The van der Waals surface area contributed by atoms with Gasteiger partial charge in [0.25, 0.3) is 0 Å². The minimum absolute atomic E-state index is 0.134. The number of benzene rings is 9. The molecule has 1 heterocycles. The molecule has 0 aliphatic heterocycles. The molecule has 2 heteroatoms. The van der Waals surface area contributed by atoms with E-state index in [1.165, 1.54) is 55.3 Å². The molecule has 0 amide bonds. The van der Waals surface area contributed by atoms with Gasteiger partial charge < -0.3 is 9.32 Å². The summed E-state index contributed by atoms with van der Waals surface area (Å²) in [5.41, 5.74) is 17.4. The highest BCUT2D eigenvalue weighted by Gasteiger charge is 2.36. The average molecular weight is 730 g/mol. The summed E-state index contributed by atoms with van der Waals surface area (Å²) in [7, 11) is 0. The van der Waals surface area contributed by atoms with Crippen LogP contribution >= 0.6 is 0 Å². The molecule has 0 N–H and O–H groups in total. The second kappa shape index (κ2) is 13.0. The molecule has 10 aromatic rings. The van der Waals surface area contributed by atoms with Gasteiger partial charge in [-0.25, -0.2) is 0 Å². The normalized spacial score (nSPS) is 12.9. The Morgan fingerprint density at radius 1 is 0.368 bits per heavy atom. The van der Waals surface area contributed by atoms with E-state index >= 15 is 0 Å². The predicted octanol–water partition coefficient (Wildman–Crippen LogP) is 15.5. The quantitative estimate of drug-likeness (QED) is 0.169. The molecule has 0 fully saturated rings. The standard InChI is InChI=1S/C55H39NO/c1-55(2)48-21-12-11-19-44(48)45-33-32-42(34-49(45)55)56(41-30-28-39(29-31-41)37-16-7-4-8-17-37)50-22-13-23-51-54(50)53-46-20-10-9-18-43(46)47(35-52(53)57-51)40-26-24-38(25-27-40)36-14-5-3-6-15-36/h3-35H,1-2H3. The number of hydrogen-bond acceptors (Lipinski definition) is 2. The lowest BCUT2D eigenvalue weighted by Gasteiger charge is -2.29. The van der Waals surface area contributed by atoms with Gasteiger partial charge in [-0.2, -0.15) is 0 Å². The van der Waals surface area contributed by atoms with Crippen LogP contribution in [0.4, 0.5) is 17.1 Å². The summed E-state index contributed by atoms with van der Waals surface area (Å²) in [6.07, 6.45) is 0. The first-order chi connectivity index (χ1) is 28.0. The molecule has 1 aliphatic rings. The van der Waals surface area contributed by atoms with Crippen molar-refractivity contribution in [3.05, 3.63) is 211 Å². The van der Waals surface area contributed by atoms with Crippen molar-refractivity contribution >= 4 is 49.8 Å². The number of hydrogen-bond donors (Lipinski definition) is 0. The molecule has 1 aromatic heterocycles. The summed E-state index contributed by atoms with van der Waals surface area (Å²) in [6, 6.07) is 72.5. The van der Waals surface area contributed by atoms with Gasteiger partial charge in [-0.15, -0.1) is 0 Å². The summed E-state index contributed by atoms with van der Waals surface area (Å²) in [5.74, 6) is 0. The third-order valence-corrected chi connectivity index (χ3v) is 12.1. The molecule has 11 rings (SSSR count). The van der Waals surface area contributed by atoms with Crippen LogP contribution in [0.25, 0.3) is 77.2 Å². The minimum atomic E-state index is -0.134. The van der Waals surface area contributed by atoms with E-state index < -0.39 is 0 Å². The third-order valence-electron chi connectivity index (χ3n) is 12.1. The summed E-state index contributed by atoms with van der Waals surface area (Å²) in [6.45, 7) is 4.70. The molecule has 0 radical (unpaired) electrons. The Hall–Kier alpha value is -7.16. The van der Waals surface area contributed by atoms with Gasteiger partial charge in [-0.05, 0) is 109 Å². The Kier molecular flexibility index (Phi) is 7.55. The molecular formula is C55H39NO. The molecule has 270 valence electrons. The van der Waals surface area contributed by atoms with E-state index in [0.717, 1.165) is 50.1 Å². The fraction of sp³-hybridized carbons (Fsp3) is 0.0545. The first-order valence-corrected chi connectivity index (χ1v) is 19.8. The molecule has 0 unspecified atom stereocenters. The van der Waals surface area contributed by atoms with Crippen molar-refractivity contribution in [3.63, 3.8) is 0 Å². The fourth-order valence-corrected chi connectivity index (χ4v) is 9.25. The van der Waals surface area contributed by atoms with Gasteiger partial charge in [-0.1, -0.05) is 172 Å². The number of rotatable bonds is 6. The second-order valence-corrected chi connectivity index (χ2v) is 15.7. The van der Waals surface area contributed by atoms with E-state index in [2.05, 4.69) is 219 Å². The number of fused-ring (bicyclic) bond motifs is 8. The van der Waals surface area contributed by atoms with Crippen LogP contribution in [0.2, 0.25) is 0 Å². The van der Waals surface area contributed by atoms with Crippen LogP contribution in [0.15, 0.2) is 205 Å². The summed E-state index contributed by atoms with van der Waals surface area (Å²) >= 11 is 0. The molecule has 0 saturated heterocycles. The molecule has 0 bridgehead atoms. The Labute approximate surface area is 332 Å². The molecule has 9 aromatic carbocycles. The van der Waals surface area contributed by atoms with Crippen LogP contribution in [0.5, 0.6) is 0 Å². The maximum absolute atomic E-state index is 6.88. The topological polar surface area (TPSA) is 16.4 Å². The van der Waals surface area contributed by atoms with E-state index in [4.69, 9.17) is 4.42 Å². The highest BCUT2D eigenvalue weighted by Crippen LogP contribution is 2.52. The van der Waals surface area contributed by atoms with Gasteiger partial charge in [0.1, 0.15) is 11.2 Å². The van der Waals surface area contributed by atoms with Crippen molar-refractivity contribution in [3.8, 4) is 44.5 Å². The van der Waals surface area contributed by atoms with Crippen LogP contribution in [0.1, 0.15) is 25.0 Å². The smallest absolute Gasteiger partial charge is 0.137 e. The van der Waals surface area contributed by atoms with Gasteiger partial charge in [0.05, 0.1) is 11.1 Å². The second-order valence-electron chi connectivity index (χ2n) is 15.7. The van der Waals surface area contributed by atoms with Crippen LogP contribution < -0.4 is 4.90 Å². The van der Waals surface area contributed by atoms with Gasteiger partial charge >= 0.3 is 0 Å². The number of nitrogens with zero attached hydrogens (tertiary/aromatic N) is 1. The Balaban J connectivity index is 1.12. The summed E-state index contributed by atoms with van der Waals surface area (Å²) in [4.78, 5) is 2.43. The maximum atomic E-state index is 6.88. The Bertz CT molecular complexity index is 3120. The lowest BCUT2D eigenvalue weighted by atomic mass is 9.82. The molecule has 0 spiro atoms. The lowest BCUT2D eigenvalue weighted by Crippen LogP contribution is -2.16. The Morgan fingerprint density at radius 2 is 0.930 bits per heavy atom. The zero-order chi connectivity index (χ0) is 38.1. The van der Waals surface area contributed by atoms with Crippen molar-refractivity contribution in [2.45, 2.75) is 19.3 Å². The summed E-state index contributed by atoms with van der Waals surface area (Å²) < 4.78 is 6.88. The van der Waals surface area contributed by atoms with E-state index in [-0.39, 0.29) is 5.41 Å². The molecule has 0 atom stereocenters. The van der Waals surface area contributed by atoms with Crippen LogP contribution in [-0.2, 0) is 5.41 Å². The highest BCUT2D eigenvalue weighted by molar-refractivity contribution is 6.25. The van der Waals surface area contributed by atoms with Crippen LogP contribution in [0, 0.1) is 0 Å².